The number of nitrogens with zero attached hydrogens (tertiary/aromatic N) is 1. The van der Waals surface area contributed by atoms with Gasteiger partial charge in [-0.05, 0) is 43.5 Å². The van der Waals surface area contributed by atoms with Crippen molar-refractivity contribution in [2.24, 2.45) is 0 Å². The topological polar surface area (TPSA) is 54.5 Å². The molecule has 3 aromatic rings. The molecule has 0 saturated carbocycles. The van der Waals surface area contributed by atoms with Crippen LogP contribution in [-0.2, 0) is 20.2 Å². The van der Waals surface area contributed by atoms with Gasteiger partial charge in [0.05, 0.1) is 4.90 Å². The minimum Gasteiger partial charge on any atom is -0.272 e. The number of rotatable bonds is 4. The molecule has 1 atom stereocenters. The third-order valence-electron chi connectivity index (χ3n) is 5.68. The molecule has 0 spiro atoms. The van der Waals surface area contributed by atoms with Crippen LogP contribution in [0.1, 0.15) is 30.0 Å². The van der Waals surface area contributed by atoms with Crippen LogP contribution in [0.25, 0.3) is 0 Å². The molecule has 0 bridgehead atoms. The van der Waals surface area contributed by atoms with Crippen molar-refractivity contribution in [2.75, 3.05) is 0 Å². The predicted molar refractivity (Wildman–Crippen MR) is 113 cm³/mol. The highest BCUT2D eigenvalue weighted by Crippen LogP contribution is 2.46. The number of benzene rings is 3. The Kier molecular flexibility index (Phi) is 4.79. The van der Waals surface area contributed by atoms with E-state index in [9.17, 15) is 13.2 Å². The Morgan fingerprint density at radius 1 is 0.828 bits per heavy atom. The third-order valence-corrected chi connectivity index (χ3v) is 7.59. The zero-order chi connectivity index (χ0) is 20.6. The molecule has 5 heteroatoms. The van der Waals surface area contributed by atoms with Crippen molar-refractivity contribution in [3.63, 3.8) is 0 Å². The SMILES string of the molecule is Cc1ccc(S(=O)(=O)N2C(=O)C(c3ccccc3)(c3ccccc3)CC2C)cc1. The smallest absolute Gasteiger partial charge is 0.266 e. The number of sulfonamides is 1. The summed E-state index contributed by atoms with van der Waals surface area (Å²) >= 11 is 0. The predicted octanol–water partition coefficient (Wildman–Crippen LogP) is 4.29. The maximum absolute atomic E-state index is 13.9. The van der Waals surface area contributed by atoms with E-state index in [2.05, 4.69) is 0 Å². The molecule has 0 N–H and O–H groups in total. The average Bonchev–Trinajstić information content (AvgIpc) is 3.01. The zero-order valence-corrected chi connectivity index (χ0v) is 17.3. The molecule has 0 radical (unpaired) electrons. The van der Waals surface area contributed by atoms with Crippen molar-refractivity contribution in [1.29, 1.82) is 0 Å². The van der Waals surface area contributed by atoms with Crippen LogP contribution >= 0.6 is 0 Å². The van der Waals surface area contributed by atoms with Crippen molar-refractivity contribution in [2.45, 2.75) is 36.6 Å². The molecule has 1 fully saturated rings. The highest BCUT2D eigenvalue weighted by atomic mass is 32.2. The summed E-state index contributed by atoms with van der Waals surface area (Å²) in [7, 11) is -3.96. The van der Waals surface area contributed by atoms with Gasteiger partial charge in [0.2, 0.25) is 0 Å². The molecule has 1 aliphatic heterocycles. The molecular weight excluding hydrogens is 382 g/mol. The van der Waals surface area contributed by atoms with Gasteiger partial charge in [-0.15, -0.1) is 0 Å². The van der Waals surface area contributed by atoms with Crippen molar-refractivity contribution in [3.8, 4) is 0 Å². The van der Waals surface area contributed by atoms with Crippen molar-refractivity contribution < 1.29 is 13.2 Å². The molecule has 1 saturated heterocycles. The largest absolute Gasteiger partial charge is 0.272 e. The maximum atomic E-state index is 13.9. The number of carbonyl (C=O) groups is 1. The van der Waals surface area contributed by atoms with Crippen molar-refractivity contribution >= 4 is 15.9 Å². The van der Waals surface area contributed by atoms with Gasteiger partial charge >= 0.3 is 0 Å². The van der Waals surface area contributed by atoms with E-state index in [4.69, 9.17) is 0 Å². The minimum atomic E-state index is -3.96. The lowest BCUT2D eigenvalue weighted by Gasteiger charge is -2.29. The molecule has 1 amide bonds. The molecule has 3 aromatic carbocycles. The first-order chi connectivity index (χ1) is 13.9. The van der Waals surface area contributed by atoms with E-state index in [1.807, 2.05) is 67.6 Å². The second-order valence-electron chi connectivity index (χ2n) is 7.61. The van der Waals surface area contributed by atoms with Crippen LogP contribution in [0.15, 0.2) is 89.8 Å². The fraction of sp³-hybridized carbons (Fsp3) is 0.208. The second kappa shape index (κ2) is 7.16. The Morgan fingerprint density at radius 3 is 1.79 bits per heavy atom. The van der Waals surface area contributed by atoms with Crippen LogP contribution in [0.3, 0.4) is 0 Å². The normalized spacial score (nSPS) is 18.8. The molecule has 1 aliphatic rings. The molecule has 0 aliphatic carbocycles. The fourth-order valence-electron chi connectivity index (χ4n) is 4.27. The number of amides is 1. The summed E-state index contributed by atoms with van der Waals surface area (Å²) in [4.78, 5) is 14.0. The van der Waals surface area contributed by atoms with Crippen molar-refractivity contribution in [3.05, 3.63) is 102 Å². The van der Waals surface area contributed by atoms with Crippen LogP contribution in [0.2, 0.25) is 0 Å². The van der Waals surface area contributed by atoms with Gasteiger partial charge in [-0.2, -0.15) is 0 Å². The van der Waals surface area contributed by atoms with E-state index < -0.39 is 27.4 Å². The summed E-state index contributed by atoms with van der Waals surface area (Å²) in [6.45, 7) is 3.70. The van der Waals surface area contributed by atoms with Crippen LogP contribution in [-0.4, -0.2) is 24.7 Å². The van der Waals surface area contributed by atoms with Crippen LogP contribution < -0.4 is 0 Å². The monoisotopic (exact) mass is 405 g/mol. The van der Waals surface area contributed by atoms with Gasteiger partial charge in [-0.25, -0.2) is 12.7 Å². The Morgan fingerprint density at radius 2 is 1.31 bits per heavy atom. The van der Waals surface area contributed by atoms with E-state index in [0.29, 0.717) is 6.42 Å². The highest BCUT2D eigenvalue weighted by molar-refractivity contribution is 7.89. The number of carbonyl (C=O) groups excluding carboxylic acids is 1. The molecule has 4 nitrogen and oxygen atoms in total. The second-order valence-corrected chi connectivity index (χ2v) is 9.42. The minimum absolute atomic E-state index is 0.139. The number of hydrogen-bond donors (Lipinski definition) is 0. The first-order valence-electron chi connectivity index (χ1n) is 9.64. The Hall–Kier alpha value is -2.92. The van der Waals surface area contributed by atoms with E-state index in [1.54, 1.807) is 31.2 Å². The van der Waals surface area contributed by atoms with Crippen LogP contribution in [0.5, 0.6) is 0 Å². The first kappa shape index (κ1) is 19.4. The molecule has 1 heterocycles. The van der Waals surface area contributed by atoms with Crippen LogP contribution in [0, 0.1) is 6.92 Å². The van der Waals surface area contributed by atoms with Gasteiger partial charge in [0.1, 0.15) is 5.41 Å². The first-order valence-corrected chi connectivity index (χ1v) is 11.1. The molecule has 148 valence electrons. The summed E-state index contributed by atoms with van der Waals surface area (Å²) in [6.07, 6.45) is 0.394. The molecular formula is C24H23NO3S. The summed E-state index contributed by atoms with van der Waals surface area (Å²) in [5, 5.41) is 0. The summed E-state index contributed by atoms with van der Waals surface area (Å²) < 4.78 is 27.9. The Balaban J connectivity index is 1.88. The van der Waals surface area contributed by atoms with Gasteiger partial charge < -0.3 is 0 Å². The van der Waals surface area contributed by atoms with E-state index >= 15 is 0 Å². The lowest BCUT2D eigenvalue weighted by molar-refractivity contribution is -0.127. The quantitative estimate of drug-likeness (QED) is 0.651. The Bertz CT molecular complexity index is 1080. The molecule has 4 rings (SSSR count). The summed E-state index contributed by atoms with van der Waals surface area (Å²) in [6, 6.07) is 25.1. The fourth-order valence-corrected chi connectivity index (χ4v) is 5.90. The van der Waals surface area contributed by atoms with Gasteiger partial charge in [0.25, 0.3) is 15.9 Å². The van der Waals surface area contributed by atoms with E-state index in [1.165, 1.54) is 0 Å². The van der Waals surface area contributed by atoms with Gasteiger partial charge in [-0.1, -0.05) is 78.4 Å². The van der Waals surface area contributed by atoms with E-state index in [-0.39, 0.29) is 4.90 Å². The number of hydrogen-bond acceptors (Lipinski definition) is 3. The molecule has 29 heavy (non-hydrogen) atoms. The Labute approximate surface area is 171 Å². The lowest BCUT2D eigenvalue weighted by Crippen LogP contribution is -2.42. The molecule has 0 aromatic heterocycles. The molecule has 1 unspecified atom stereocenters. The maximum Gasteiger partial charge on any atom is 0.266 e. The van der Waals surface area contributed by atoms with Gasteiger partial charge in [-0.3, -0.25) is 4.79 Å². The van der Waals surface area contributed by atoms with Crippen LogP contribution in [0.4, 0.5) is 0 Å². The van der Waals surface area contributed by atoms with Gasteiger partial charge in [0.15, 0.2) is 0 Å². The van der Waals surface area contributed by atoms with Crippen molar-refractivity contribution in [1.82, 2.24) is 4.31 Å². The summed E-state index contributed by atoms with van der Waals surface area (Å²) in [5.74, 6) is -0.400. The third kappa shape index (κ3) is 3.06. The summed E-state index contributed by atoms with van der Waals surface area (Å²) in [5.41, 5.74) is 1.56. The highest BCUT2D eigenvalue weighted by Gasteiger charge is 2.56. The standard InChI is InChI=1S/C24H23NO3S/c1-18-13-15-22(16-14-18)29(27,28)25-19(2)17-24(23(25)26,20-9-5-3-6-10-20)21-11-7-4-8-12-21/h3-16,19H,17H2,1-2H3. The lowest BCUT2D eigenvalue weighted by atomic mass is 9.72. The van der Waals surface area contributed by atoms with Gasteiger partial charge in [0, 0.05) is 6.04 Å². The van der Waals surface area contributed by atoms with E-state index in [0.717, 1.165) is 21.0 Å². The number of aryl methyl sites for hydroxylation is 1. The zero-order valence-electron chi connectivity index (χ0n) is 16.4. The average molecular weight is 406 g/mol.